The molecule has 34 heavy (non-hydrogen) atoms. The van der Waals surface area contributed by atoms with E-state index in [0.29, 0.717) is 28.8 Å². The molecule has 0 saturated heterocycles. The van der Waals surface area contributed by atoms with Crippen LogP contribution < -0.4 is 10.2 Å². The number of alkyl halides is 3. The van der Waals surface area contributed by atoms with Crippen molar-refractivity contribution in [1.82, 2.24) is 0 Å². The molecule has 3 aromatic rings. The van der Waals surface area contributed by atoms with E-state index >= 15 is 0 Å². The standard InChI is InChI=1S/C25H16ClF3N2O3/c26-20-11-15(9-10-21(20)31-23(33)16-3-1-2-4-17(16)24(31)34)30-22(32)19-12-18(19)13-5-7-14(8-6-13)25(27,28)29/h1-11,18-19H,12H2,(H,30,32). The molecule has 3 aromatic carbocycles. The number of hydrogen-bond acceptors (Lipinski definition) is 3. The van der Waals surface area contributed by atoms with Crippen LogP contribution in [0.1, 0.15) is 44.2 Å². The number of nitrogens with zero attached hydrogens (tertiary/aromatic N) is 1. The maximum Gasteiger partial charge on any atom is 0.416 e. The molecule has 0 radical (unpaired) electrons. The predicted molar refractivity (Wildman–Crippen MR) is 120 cm³/mol. The fraction of sp³-hybridized carbons (Fsp3) is 0.160. The zero-order valence-corrected chi connectivity index (χ0v) is 18.2. The smallest absolute Gasteiger partial charge is 0.326 e. The van der Waals surface area contributed by atoms with E-state index in [9.17, 15) is 27.6 Å². The summed E-state index contributed by atoms with van der Waals surface area (Å²) in [6.07, 6.45) is -3.88. The van der Waals surface area contributed by atoms with Gasteiger partial charge < -0.3 is 5.32 Å². The van der Waals surface area contributed by atoms with E-state index in [1.165, 1.54) is 30.3 Å². The molecule has 1 aliphatic carbocycles. The minimum Gasteiger partial charge on any atom is -0.326 e. The molecule has 0 spiro atoms. The molecule has 1 aliphatic heterocycles. The molecule has 2 unspecified atom stereocenters. The Morgan fingerprint density at radius 2 is 1.56 bits per heavy atom. The van der Waals surface area contributed by atoms with E-state index < -0.39 is 23.6 Å². The van der Waals surface area contributed by atoms with Gasteiger partial charge in [0.15, 0.2) is 0 Å². The van der Waals surface area contributed by atoms with Gasteiger partial charge in [0.05, 0.1) is 27.4 Å². The van der Waals surface area contributed by atoms with Crippen LogP contribution in [0, 0.1) is 5.92 Å². The highest BCUT2D eigenvalue weighted by atomic mass is 35.5. The number of halogens is 4. The zero-order chi connectivity index (χ0) is 24.2. The van der Waals surface area contributed by atoms with Crippen LogP contribution in [0.25, 0.3) is 0 Å². The quantitative estimate of drug-likeness (QED) is 0.469. The highest BCUT2D eigenvalue weighted by Gasteiger charge is 2.44. The van der Waals surface area contributed by atoms with Gasteiger partial charge in [0.1, 0.15) is 0 Å². The van der Waals surface area contributed by atoms with Crippen molar-refractivity contribution in [2.24, 2.45) is 5.92 Å². The molecule has 0 aromatic heterocycles. The maximum absolute atomic E-state index is 12.7. The average Bonchev–Trinajstić information content (AvgIpc) is 3.57. The zero-order valence-electron chi connectivity index (χ0n) is 17.4. The first-order valence-corrected chi connectivity index (χ1v) is 10.8. The normalized spacial score (nSPS) is 19.2. The molecule has 172 valence electrons. The molecule has 0 bridgehead atoms. The number of amides is 3. The molecule has 1 N–H and O–H groups in total. The lowest BCUT2D eigenvalue weighted by atomic mass is 10.1. The first-order valence-electron chi connectivity index (χ1n) is 10.4. The summed E-state index contributed by atoms with van der Waals surface area (Å²) < 4.78 is 38.2. The van der Waals surface area contributed by atoms with Gasteiger partial charge in [-0.2, -0.15) is 13.2 Å². The summed E-state index contributed by atoms with van der Waals surface area (Å²) in [5, 5.41) is 2.86. The van der Waals surface area contributed by atoms with Crippen LogP contribution in [-0.4, -0.2) is 17.7 Å². The Morgan fingerprint density at radius 1 is 0.941 bits per heavy atom. The molecule has 5 rings (SSSR count). The number of rotatable bonds is 4. The van der Waals surface area contributed by atoms with Crippen molar-refractivity contribution in [3.8, 4) is 0 Å². The molecule has 5 nitrogen and oxygen atoms in total. The first-order chi connectivity index (χ1) is 16.1. The van der Waals surface area contributed by atoms with E-state index in [2.05, 4.69) is 5.32 Å². The monoisotopic (exact) mass is 484 g/mol. The van der Waals surface area contributed by atoms with E-state index in [0.717, 1.165) is 17.0 Å². The average molecular weight is 485 g/mol. The van der Waals surface area contributed by atoms with Crippen molar-refractivity contribution < 1.29 is 27.6 Å². The van der Waals surface area contributed by atoms with Crippen molar-refractivity contribution in [2.75, 3.05) is 10.2 Å². The van der Waals surface area contributed by atoms with Crippen LogP contribution in [0.5, 0.6) is 0 Å². The largest absolute Gasteiger partial charge is 0.416 e. The van der Waals surface area contributed by atoms with Gasteiger partial charge in [-0.25, -0.2) is 4.90 Å². The summed E-state index contributed by atoms with van der Waals surface area (Å²) >= 11 is 6.35. The van der Waals surface area contributed by atoms with E-state index in [1.54, 1.807) is 24.3 Å². The van der Waals surface area contributed by atoms with Gasteiger partial charge in [0.25, 0.3) is 11.8 Å². The Labute approximate surface area is 197 Å². The van der Waals surface area contributed by atoms with Crippen LogP contribution in [0.4, 0.5) is 24.5 Å². The van der Waals surface area contributed by atoms with Crippen molar-refractivity contribution >= 4 is 40.7 Å². The van der Waals surface area contributed by atoms with Crippen LogP contribution >= 0.6 is 11.6 Å². The lowest BCUT2D eigenvalue weighted by Crippen LogP contribution is -2.29. The van der Waals surface area contributed by atoms with Gasteiger partial charge in [0.2, 0.25) is 5.91 Å². The van der Waals surface area contributed by atoms with Crippen molar-refractivity contribution in [3.63, 3.8) is 0 Å². The van der Waals surface area contributed by atoms with E-state index in [4.69, 9.17) is 11.6 Å². The van der Waals surface area contributed by atoms with Gasteiger partial charge >= 0.3 is 6.18 Å². The topological polar surface area (TPSA) is 66.5 Å². The highest BCUT2D eigenvalue weighted by molar-refractivity contribution is 6.40. The lowest BCUT2D eigenvalue weighted by Gasteiger charge is -2.16. The van der Waals surface area contributed by atoms with Gasteiger partial charge in [0, 0.05) is 11.6 Å². The number of hydrogen-bond donors (Lipinski definition) is 1. The molecule has 3 amide bonds. The number of imide groups is 1. The second-order valence-corrected chi connectivity index (χ2v) is 8.62. The minimum atomic E-state index is -4.41. The molecule has 1 heterocycles. The molecular formula is C25H16ClF3N2O3. The lowest BCUT2D eigenvalue weighted by molar-refractivity contribution is -0.137. The second-order valence-electron chi connectivity index (χ2n) is 8.22. The SMILES string of the molecule is O=C(Nc1ccc(N2C(=O)c3ccccc3C2=O)c(Cl)c1)C1CC1c1ccc(C(F)(F)F)cc1. The fourth-order valence-corrected chi connectivity index (χ4v) is 4.45. The third kappa shape index (κ3) is 3.84. The summed E-state index contributed by atoms with van der Waals surface area (Å²) in [5.41, 5.74) is 1.12. The van der Waals surface area contributed by atoms with Crippen molar-refractivity contribution in [2.45, 2.75) is 18.5 Å². The van der Waals surface area contributed by atoms with E-state index in [1.807, 2.05) is 0 Å². The number of carbonyl (C=O) groups is 3. The molecule has 9 heteroatoms. The van der Waals surface area contributed by atoms with Gasteiger partial charge in [-0.05, 0) is 60.4 Å². The molecule has 1 saturated carbocycles. The van der Waals surface area contributed by atoms with Gasteiger partial charge in [-0.15, -0.1) is 0 Å². The van der Waals surface area contributed by atoms with Crippen LogP contribution in [0.2, 0.25) is 5.02 Å². The summed E-state index contributed by atoms with van der Waals surface area (Å²) in [7, 11) is 0. The van der Waals surface area contributed by atoms with Crippen molar-refractivity contribution in [1.29, 1.82) is 0 Å². The number of fused-ring (bicyclic) bond motifs is 1. The second kappa shape index (κ2) is 7.99. The number of nitrogens with one attached hydrogen (secondary N) is 1. The first kappa shape index (κ1) is 22.2. The van der Waals surface area contributed by atoms with E-state index in [-0.39, 0.29) is 28.5 Å². The Balaban J connectivity index is 1.27. The summed E-state index contributed by atoms with van der Waals surface area (Å²) in [4.78, 5) is 39.0. The summed E-state index contributed by atoms with van der Waals surface area (Å²) in [6.45, 7) is 0. The summed E-state index contributed by atoms with van der Waals surface area (Å²) in [5.74, 6) is -1.76. The predicted octanol–water partition coefficient (Wildman–Crippen LogP) is 5.90. The van der Waals surface area contributed by atoms with Crippen molar-refractivity contribution in [3.05, 3.63) is 94.0 Å². The fourth-order valence-electron chi connectivity index (χ4n) is 4.18. The highest BCUT2D eigenvalue weighted by Crippen LogP contribution is 2.48. The number of carbonyl (C=O) groups excluding carboxylic acids is 3. The maximum atomic E-state index is 12.7. The van der Waals surface area contributed by atoms with Gasteiger partial charge in [-0.1, -0.05) is 35.9 Å². The number of benzene rings is 3. The molecule has 2 atom stereocenters. The third-order valence-corrected chi connectivity index (χ3v) is 6.35. The summed E-state index contributed by atoms with van der Waals surface area (Å²) in [6, 6.07) is 15.8. The molecular weight excluding hydrogens is 469 g/mol. The van der Waals surface area contributed by atoms with Gasteiger partial charge in [-0.3, -0.25) is 14.4 Å². The minimum absolute atomic E-state index is 0.113. The molecule has 1 fully saturated rings. The van der Waals surface area contributed by atoms with Crippen LogP contribution in [0.15, 0.2) is 66.7 Å². The Hall–Kier alpha value is -3.65. The molecule has 2 aliphatic rings. The Bertz CT molecular complexity index is 1300. The third-order valence-electron chi connectivity index (χ3n) is 6.04. The van der Waals surface area contributed by atoms with Crippen LogP contribution in [0.3, 0.4) is 0 Å². The van der Waals surface area contributed by atoms with Crippen LogP contribution in [-0.2, 0) is 11.0 Å². The Morgan fingerprint density at radius 3 is 2.12 bits per heavy atom. The Kier molecular flexibility index (Phi) is 5.20. The number of anilines is 2.